The van der Waals surface area contributed by atoms with Gasteiger partial charge in [0, 0.05) is 11.6 Å². The molecule has 2 rings (SSSR count). The summed E-state index contributed by atoms with van der Waals surface area (Å²) in [4.78, 5) is 32.8. The number of ether oxygens (including phenoxy) is 1. The molecule has 0 atom stereocenters. The Hall–Kier alpha value is -3.27. The molecule has 0 aliphatic carbocycles. The zero-order chi connectivity index (χ0) is 19.8. The lowest BCUT2D eigenvalue weighted by Gasteiger charge is -2.06. The molecule has 0 radical (unpaired) electrons. The zero-order valence-electron chi connectivity index (χ0n) is 13.8. The number of hydrogen-bond acceptors (Lipinski definition) is 6. The Morgan fingerprint density at radius 3 is 2.70 bits per heavy atom. The number of carbonyl (C=O) groups excluding carboxylic acids is 1. The van der Waals surface area contributed by atoms with Gasteiger partial charge in [0.2, 0.25) is 5.91 Å². The fourth-order valence-electron chi connectivity index (χ4n) is 2.08. The van der Waals surface area contributed by atoms with E-state index in [2.05, 4.69) is 26.5 Å². The minimum Gasteiger partial charge on any atom is -0.481 e. The molecule has 0 saturated heterocycles. The highest BCUT2D eigenvalue weighted by atomic mass is 79.9. The molecule has 140 valence electrons. The van der Waals surface area contributed by atoms with Crippen molar-refractivity contribution in [2.24, 2.45) is 5.10 Å². The van der Waals surface area contributed by atoms with Crippen LogP contribution in [0.5, 0.6) is 5.75 Å². The van der Waals surface area contributed by atoms with E-state index in [0.29, 0.717) is 15.8 Å². The lowest BCUT2D eigenvalue weighted by molar-refractivity contribution is -0.385. The highest BCUT2D eigenvalue weighted by molar-refractivity contribution is 9.10. The maximum absolute atomic E-state index is 11.9. The molecule has 2 N–H and O–H groups in total. The summed E-state index contributed by atoms with van der Waals surface area (Å²) in [5.41, 5.74) is 3.09. The number of amides is 1. The van der Waals surface area contributed by atoms with Crippen molar-refractivity contribution in [1.82, 2.24) is 5.43 Å². The van der Waals surface area contributed by atoms with Gasteiger partial charge < -0.3 is 9.84 Å². The fourth-order valence-corrected chi connectivity index (χ4v) is 2.59. The largest absolute Gasteiger partial charge is 0.481 e. The van der Waals surface area contributed by atoms with Crippen molar-refractivity contribution in [3.05, 3.63) is 68.2 Å². The molecule has 10 heteroatoms. The zero-order valence-corrected chi connectivity index (χ0v) is 15.4. The van der Waals surface area contributed by atoms with Crippen LogP contribution in [0.15, 0.2) is 52.0 Å². The fraction of sp³-hybridized carbons (Fsp3) is 0.118. The van der Waals surface area contributed by atoms with Gasteiger partial charge >= 0.3 is 5.97 Å². The molecule has 0 saturated carbocycles. The molecular formula is C17H14BrN3O6. The maximum atomic E-state index is 11.9. The number of carboxylic acids is 1. The number of hydrazone groups is 1. The molecule has 27 heavy (non-hydrogen) atoms. The first-order chi connectivity index (χ1) is 12.9. The number of hydrogen-bond donors (Lipinski definition) is 2. The molecule has 9 nitrogen and oxygen atoms in total. The SMILES string of the molecule is O=C(O)COc1ccc(/C=N/NC(=O)Cc2ccccc2[N+](=O)[O-])cc1Br. The second-order valence-corrected chi connectivity index (χ2v) is 6.08. The van der Waals surface area contributed by atoms with Crippen LogP contribution in [-0.4, -0.2) is 34.7 Å². The van der Waals surface area contributed by atoms with Gasteiger partial charge in [-0.2, -0.15) is 5.10 Å². The van der Waals surface area contributed by atoms with Crippen LogP contribution in [-0.2, 0) is 16.0 Å². The summed E-state index contributed by atoms with van der Waals surface area (Å²) >= 11 is 3.25. The lowest BCUT2D eigenvalue weighted by Crippen LogP contribution is -2.20. The highest BCUT2D eigenvalue weighted by Crippen LogP contribution is 2.25. The van der Waals surface area contributed by atoms with Gasteiger partial charge in [0.05, 0.1) is 22.0 Å². The standard InChI is InChI=1S/C17H14BrN3O6/c18-13-7-11(5-6-15(13)27-10-17(23)24)9-19-20-16(22)8-12-3-1-2-4-14(12)21(25)26/h1-7,9H,8,10H2,(H,20,22)(H,23,24)/b19-9+. The molecule has 0 bridgehead atoms. The Morgan fingerprint density at radius 2 is 2.04 bits per heavy atom. The smallest absolute Gasteiger partial charge is 0.341 e. The van der Waals surface area contributed by atoms with E-state index < -0.39 is 23.4 Å². The highest BCUT2D eigenvalue weighted by Gasteiger charge is 2.15. The van der Waals surface area contributed by atoms with Gasteiger partial charge in [0.25, 0.3) is 5.69 Å². The Bertz CT molecular complexity index is 900. The van der Waals surface area contributed by atoms with Gasteiger partial charge in [-0.15, -0.1) is 0 Å². The predicted octanol–water partition coefficient (Wildman–Crippen LogP) is 2.51. The molecule has 2 aromatic rings. The molecule has 1 amide bonds. The van der Waals surface area contributed by atoms with E-state index in [-0.39, 0.29) is 17.7 Å². The van der Waals surface area contributed by atoms with E-state index in [1.54, 1.807) is 24.3 Å². The molecule has 0 spiro atoms. The number of nitro benzene ring substituents is 1. The maximum Gasteiger partial charge on any atom is 0.341 e. The second kappa shape index (κ2) is 9.43. The van der Waals surface area contributed by atoms with Gasteiger partial charge in [-0.1, -0.05) is 18.2 Å². The normalized spacial score (nSPS) is 10.6. The average molecular weight is 436 g/mol. The first-order valence-corrected chi connectivity index (χ1v) is 8.34. The minimum absolute atomic E-state index is 0.127. The van der Waals surface area contributed by atoms with Gasteiger partial charge in [-0.25, -0.2) is 10.2 Å². The van der Waals surface area contributed by atoms with Crippen molar-refractivity contribution in [2.45, 2.75) is 6.42 Å². The van der Waals surface area contributed by atoms with Crippen LogP contribution in [0, 0.1) is 10.1 Å². The summed E-state index contributed by atoms with van der Waals surface area (Å²) in [7, 11) is 0. The Kier molecular flexibility index (Phi) is 7.00. The summed E-state index contributed by atoms with van der Waals surface area (Å²) in [6, 6.07) is 10.8. The molecule has 0 aliphatic heterocycles. The van der Waals surface area contributed by atoms with Crippen LogP contribution >= 0.6 is 15.9 Å². The van der Waals surface area contributed by atoms with Crippen molar-refractivity contribution in [1.29, 1.82) is 0 Å². The van der Waals surface area contributed by atoms with Crippen LogP contribution in [0.3, 0.4) is 0 Å². The van der Waals surface area contributed by atoms with Crippen LogP contribution < -0.4 is 10.2 Å². The first-order valence-electron chi connectivity index (χ1n) is 7.55. The summed E-state index contributed by atoms with van der Waals surface area (Å²) in [5.74, 6) is -1.23. The molecule has 2 aromatic carbocycles. The van der Waals surface area contributed by atoms with Crippen molar-refractivity contribution < 1.29 is 24.4 Å². The van der Waals surface area contributed by atoms with Crippen molar-refractivity contribution in [2.75, 3.05) is 6.61 Å². The number of para-hydroxylation sites is 1. The molecule has 0 aromatic heterocycles. The molecule has 0 aliphatic rings. The van der Waals surface area contributed by atoms with Crippen LogP contribution in [0.2, 0.25) is 0 Å². The Morgan fingerprint density at radius 1 is 1.30 bits per heavy atom. The Labute approximate surface area is 161 Å². The minimum atomic E-state index is -1.09. The Balaban J connectivity index is 1.95. The molecular weight excluding hydrogens is 422 g/mol. The number of aliphatic carboxylic acids is 1. The monoisotopic (exact) mass is 435 g/mol. The van der Waals surface area contributed by atoms with Gasteiger partial charge in [0.15, 0.2) is 6.61 Å². The molecule has 0 fully saturated rings. The van der Waals surface area contributed by atoms with Gasteiger partial charge in [-0.3, -0.25) is 14.9 Å². The number of carbonyl (C=O) groups is 2. The summed E-state index contributed by atoms with van der Waals surface area (Å²) in [6.45, 7) is -0.465. The van der Waals surface area contributed by atoms with Gasteiger partial charge in [-0.05, 0) is 39.7 Å². The quantitative estimate of drug-likeness (QED) is 0.372. The first kappa shape index (κ1) is 20.0. The van der Waals surface area contributed by atoms with E-state index in [0.717, 1.165) is 0 Å². The third-order valence-electron chi connectivity index (χ3n) is 3.25. The van der Waals surface area contributed by atoms with E-state index in [1.807, 2.05) is 0 Å². The van der Waals surface area contributed by atoms with Crippen LogP contribution in [0.25, 0.3) is 0 Å². The summed E-state index contributed by atoms with van der Waals surface area (Å²) in [5, 5.41) is 23.4. The molecule has 0 unspecified atom stereocenters. The third kappa shape index (κ3) is 6.19. The van der Waals surface area contributed by atoms with Gasteiger partial charge in [0.1, 0.15) is 5.75 Å². The van der Waals surface area contributed by atoms with E-state index in [1.165, 1.54) is 24.4 Å². The number of carboxylic acid groups (broad SMARTS) is 1. The van der Waals surface area contributed by atoms with Crippen LogP contribution in [0.1, 0.15) is 11.1 Å². The van der Waals surface area contributed by atoms with Crippen molar-refractivity contribution >= 4 is 39.7 Å². The average Bonchev–Trinajstić information content (AvgIpc) is 2.61. The number of benzene rings is 2. The molecule has 0 heterocycles. The summed E-state index contributed by atoms with van der Waals surface area (Å²) < 4.78 is 5.60. The number of halogens is 1. The number of nitrogens with one attached hydrogen (secondary N) is 1. The second-order valence-electron chi connectivity index (χ2n) is 5.23. The predicted molar refractivity (Wildman–Crippen MR) is 99.8 cm³/mol. The number of rotatable bonds is 8. The third-order valence-corrected chi connectivity index (χ3v) is 3.87. The lowest BCUT2D eigenvalue weighted by atomic mass is 10.1. The summed E-state index contributed by atoms with van der Waals surface area (Å²) in [6.07, 6.45) is 1.20. The van der Waals surface area contributed by atoms with Crippen molar-refractivity contribution in [3.63, 3.8) is 0 Å². The van der Waals surface area contributed by atoms with E-state index in [9.17, 15) is 19.7 Å². The number of nitrogens with zero attached hydrogens (tertiary/aromatic N) is 2. The van der Waals surface area contributed by atoms with Crippen molar-refractivity contribution in [3.8, 4) is 5.75 Å². The van der Waals surface area contributed by atoms with E-state index >= 15 is 0 Å². The van der Waals surface area contributed by atoms with Crippen LogP contribution in [0.4, 0.5) is 5.69 Å². The van der Waals surface area contributed by atoms with E-state index in [4.69, 9.17) is 9.84 Å². The topological polar surface area (TPSA) is 131 Å². The number of nitro groups is 1.